The summed E-state index contributed by atoms with van der Waals surface area (Å²) in [5.74, 6) is 0.791. The third-order valence-electron chi connectivity index (χ3n) is 2.78. The SMILES string of the molecule is Cc1nnnn1Cc1cc(Br)cc2cccnc12. The van der Waals surface area contributed by atoms with Gasteiger partial charge in [-0.05, 0) is 35.5 Å². The van der Waals surface area contributed by atoms with E-state index in [2.05, 4.69) is 48.6 Å². The molecule has 0 spiro atoms. The summed E-state index contributed by atoms with van der Waals surface area (Å²) in [5.41, 5.74) is 2.07. The summed E-state index contributed by atoms with van der Waals surface area (Å²) in [6.45, 7) is 2.50. The van der Waals surface area contributed by atoms with Crippen LogP contribution in [0.3, 0.4) is 0 Å². The van der Waals surface area contributed by atoms with E-state index in [0.717, 1.165) is 26.8 Å². The van der Waals surface area contributed by atoms with Crippen molar-refractivity contribution in [2.45, 2.75) is 13.5 Å². The minimum Gasteiger partial charge on any atom is -0.256 e. The summed E-state index contributed by atoms with van der Waals surface area (Å²) in [6.07, 6.45) is 1.80. The maximum Gasteiger partial charge on any atom is 0.148 e. The number of pyridine rings is 1. The Hall–Kier alpha value is -1.82. The van der Waals surface area contributed by atoms with E-state index in [1.165, 1.54) is 0 Å². The van der Waals surface area contributed by atoms with Crippen LogP contribution in [0.15, 0.2) is 34.9 Å². The van der Waals surface area contributed by atoms with E-state index in [9.17, 15) is 0 Å². The standard InChI is InChI=1S/C12H10BrN5/c1-8-15-16-17-18(8)7-10-6-11(13)5-9-3-2-4-14-12(9)10/h2-6H,7H2,1H3. The molecule has 3 rings (SSSR count). The molecule has 0 bridgehead atoms. The summed E-state index contributed by atoms with van der Waals surface area (Å²) in [6, 6.07) is 8.08. The number of benzene rings is 1. The van der Waals surface area contributed by atoms with Crippen LogP contribution in [0.4, 0.5) is 0 Å². The quantitative estimate of drug-likeness (QED) is 0.729. The molecule has 90 valence electrons. The van der Waals surface area contributed by atoms with Crippen molar-refractivity contribution in [2.75, 3.05) is 0 Å². The van der Waals surface area contributed by atoms with E-state index >= 15 is 0 Å². The summed E-state index contributed by atoms with van der Waals surface area (Å²) in [7, 11) is 0. The minimum atomic E-state index is 0.617. The van der Waals surface area contributed by atoms with Gasteiger partial charge in [-0.3, -0.25) is 4.98 Å². The van der Waals surface area contributed by atoms with Crippen molar-refractivity contribution >= 4 is 26.8 Å². The molecule has 2 heterocycles. The molecular weight excluding hydrogens is 294 g/mol. The number of nitrogens with zero attached hydrogens (tertiary/aromatic N) is 5. The van der Waals surface area contributed by atoms with Crippen LogP contribution >= 0.6 is 15.9 Å². The average Bonchev–Trinajstić information content (AvgIpc) is 2.75. The van der Waals surface area contributed by atoms with E-state index in [-0.39, 0.29) is 0 Å². The van der Waals surface area contributed by atoms with Crippen LogP contribution in [0, 0.1) is 6.92 Å². The Kier molecular flexibility index (Phi) is 2.79. The second kappa shape index (κ2) is 4.45. The smallest absolute Gasteiger partial charge is 0.148 e. The second-order valence-electron chi connectivity index (χ2n) is 4.02. The lowest BCUT2D eigenvalue weighted by molar-refractivity contribution is 0.635. The van der Waals surface area contributed by atoms with Gasteiger partial charge in [-0.15, -0.1) is 5.10 Å². The molecule has 3 aromatic rings. The fraction of sp³-hybridized carbons (Fsp3) is 0.167. The third-order valence-corrected chi connectivity index (χ3v) is 3.24. The van der Waals surface area contributed by atoms with Gasteiger partial charge in [0.15, 0.2) is 0 Å². The summed E-state index contributed by atoms with van der Waals surface area (Å²) >= 11 is 3.52. The first kappa shape index (κ1) is 11.3. The highest BCUT2D eigenvalue weighted by molar-refractivity contribution is 9.10. The Labute approximate surface area is 112 Å². The number of aryl methyl sites for hydroxylation is 1. The molecule has 0 N–H and O–H groups in total. The van der Waals surface area contributed by atoms with Gasteiger partial charge in [-0.1, -0.05) is 22.0 Å². The maximum absolute atomic E-state index is 4.43. The van der Waals surface area contributed by atoms with Crippen LogP contribution in [-0.4, -0.2) is 25.2 Å². The third kappa shape index (κ3) is 1.99. The summed E-state index contributed by atoms with van der Waals surface area (Å²) in [4.78, 5) is 4.43. The number of halogens is 1. The van der Waals surface area contributed by atoms with Crippen LogP contribution in [0.2, 0.25) is 0 Å². The molecule has 0 aliphatic carbocycles. The van der Waals surface area contributed by atoms with E-state index < -0.39 is 0 Å². The fourth-order valence-electron chi connectivity index (χ4n) is 1.90. The van der Waals surface area contributed by atoms with E-state index in [1.807, 2.05) is 19.1 Å². The molecule has 0 radical (unpaired) electrons. The molecule has 0 amide bonds. The van der Waals surface area contributed by atoms with E-state index in [4.69, 9.17) is 0 Å². The Bertz CT molecular complexity index is 707. The minimum absolute atomic E-state index is 0.617. The molecule has 0 saturated carbocycles. The van der Waals surface area contributed by atoms with Gasteiger partial charge in [0.05, 0.1) is 12.1 Å². The maximum atomic E-state index is 4.43. The van der Waals surface area contributed by atoms with Gasteiger partial charge >= 0.3 is 0 Å². The fourth-order valence-corrected chi connectivity index (χ4v) is 2.43. The molecule has 0 aliphatic heterocycles. The van der Waals surface area contributed by atoms with Crippen LogP contribution in [-0.2, 0) is 6.54 Å². The van der Waals surface area contributed by atoms with E-state index in [0.29, 0.717) is 6.54 Å². The van der Waals surface area contributed by atoms with Gasteiger partial charge in [0, 0.05) is 21.6 Å². The van der Waals surface area contributed by atoms with Gasteiger partial charge < -0.3 is 0 Å². The molecule has 0 fully saturated rings. The van der Waals surface area contributed by atoms with Crippen LogP contribution < -0.4 is 0 Å². The first-order valence-corrected chi connectivity index (χ1v) is 6.29. The molecule has 0 atom stereocenters. The van der Waals surface area contributed by atoms with Crippen molar-refractivity contribution in [3.05, 3.63) is 46.3 Å². The van der Waals surface area contributed by atoms with Gasteiger partial charge in [-0.2, -0.15) is 0 Å². The zero-order valence-corrected chi connectivity index (χ0v) is 11.3. The monoisotopic (exact) mass is 303 g/mol. The highest BCUT2D eigenvalue weighted by Crippen LogP contribution is 2.23. The van der Waals surface area contributed by atoms with Crippen molar-refractivity contribution in [1.82, 2.24) is 25.2 Å². The second-order valence-corrected chi connectivity index (χ2v) is 4.94. The topological polar surface area (TPSA) is 56.5 Å². The Balaban J connectivity index is 2.14. The highest BCUT2D eigenvalue weighted by atomic mass is 79.9. The molecule has 0 aliphatic rings. The van der Waals surface area contributed by atoms with Gasteiger partial charge in [-0.25, -0.2) is 4.68 Å². The number of tetrazole rings is 1. The Morgan fingerprint density at radius 1 is 1.33 bits per heavy atom. The number of hydrogen-bond donors (Lipinski definition) is 0. The Morgan fingerprint density at radius 3 is 3.00 bits per heavy atom. The predicted octanol–water partition coefficient (Wildman–Crippen LogP) is 2.34. The number of fused-ring (bicyclic) bond motifs is 1. The van der Waals surface area contributed by atoms with Crippen molar-refractivity contribution < 1.29 is 0 Å². The lowest BCUT2D eigenvalue weighted by atomic mass is 10.1. The predicted molar refractivity (Wildman–Crippen MR) is 71.1 cm³/mol. The molecule has 5 nitrogen and oxygen atoms in total. The van der Waals surface area contributed by atoms with Crippen LogP contribution in [0.5, 0.6) is 0 Å². The molecular formula is C12H10BrN5. The molecule has 0 saturated heterocycles. The average molecular weight is 304 g/mol. The summed E-state index contributed by atoms with van der Waals surface area (Å²) in [5, 5.41) is 12.6. The molecule has 1 aromatic carbocycles. The molecule has 2 aromatic heterocycles. The summed E-state index contributed by atoms with van der Waals surface area (Å²) < 4.78 is 2.79. The van der Waals surface area contributed by atoms with Gasteiger partial charge in [0.1, 0.15) is 5.82 Å². The zero-order chi connectivity index (χ0) is 12.5. The Morgan fingerprint density at radius 2 is 2.22 bits per heavy atom. The van der Waals surface area contributed by atoms with Crippen LogP contribution in [0.25, 0.3) is 10.9 Å². The van der Waals surface area contributed by atoms with Crippen LogP contribution in [0.1, 0.15) is 11.4 Å². The first-order chi connectivity index (χ1) is 8.74. The largest absolute Gasteiger partial charge is 0.256 e. The lowest BCUT2D eigenvalue weighted by Crippen LogP contribution is -2.05. The molecule has 6 heteroatoms. The normalized spacial score (nSPS) is 11.0. The van der Waals surface area contributed by atoms with E-state index in [1.54, 1.807) is 10.9 Å². The van der Waals surface area contributed by atoms with Gasteiger partial charge in [0.25, 0.3) is 0 Å². The highest BCUT2D eigenvalue weighted by Gasteiger charge is 2.07. The number of hydrogen-bond acceptors (Lipinski definition) is 4. The van der Waals surface area contributed by atoms with Crippen molar-refractivity contribution in [3.63, 3.8) is 0 Å². The number of aromatic nitrogens is 5. The lowest BCUT2D eigenvalue weighted by Gasteiger charge is -2.07. The molecule has 18 heavy (non-hydrogen) atoms. The van der Waals surface area contributed by atoms with Gasteiger partial charge in [0.2, 0.25) is 0 Å². The van der Waals surface area contributed by atoms with Crippen molar-refractivity contribution in [3.8, 4) is 0 Å². The number of rotatable bonds is 2. The van der Waals surface area contributed by atoms with Crippen molar-refractivity contribution in [2.24, 2.45) is 0 Å². The zero-order valence-electron chi connectivity index (χ0n) is 9.71. The first-order valence-electron chi connectivity index (χ1n) is 5.50. The van der Waals surface area contributed by atoms with Crippen molar-refractivity contribution in [1.29, 1.82) is 0 Å². The molecule has 0 unspecified atom stereocenters.